The van der Waals surface area contributed by atoms with E-state index in [0.29, 0.717) is 12.0 Å². The number of unbranched alkanes of at least 4 members (excludes halogenated alkanes) is 1. The highest BCUT2D eigenvalue weighted by molar-refractivity contribution is 7.85. The summed E-state index contributed by atoms with van der Waals surface area (Å²) in [6, 6.07) is -1.49. The number of carbonyl (C=O) groups excluding carboxylic acids is 2. The number of nitrogens with one attached hydrogen (secondary N) is 1. The Kier molecular flexibility index (Phi) is 12.4. The highest BCUT2D eigenvalue weighted by atomic mass is 32.2. The second kappa shape index (κ2) is 14.2. The lowest BCUT2D eigenvalue weighted by Crippen LogP contribution is -2.45. The fraction of sp³-hybridized carbons (Fsp3) is 0.556. The molecule has 2 N–H and O–H groups in total. The van der Waals surface area contributed by atoms with Crippen LogP contribution in [0.15, 0.2) is 58.7 Å². The van der Waals surface area contributed by atoms with Crippen molar-refractivity contribution in [2.45, 2.75) is 79.7 Å². The Morgan fingerprint density at radius 3 is 2.49 bits per heavy atom. The number of rotatable bonds is 12. The van der Waals surface area contributed by atoms with Gasteiger partial charge in [-0.1, -0.05) is 68.7 Å². The number of ether oxygens (including phenoxy) is 1. The molecule has 0 aromatic carbocycles. The fourth-order valence-electron chi connectivity index (χ4n) is 3.90. The lowest BCUT2D eigenvalue weighted by molar-refractivity contribution is -0.147. The third kappa shape index (κ3) is 12.2. The van der Waals surface area contributed by atoms with E-state index in [2.05, 4.69) is 38.2 Å². The van der Waals surface area contributed by atoms with Crippen LogP contribution < -0.4 is 5.32 Å². The molecule has 0 aromatic heterocycles. The maximum absolute atomic E-state index is 12.3. The first-order valence-electron chi connectivity index (χ1n) is 12.1. The summed E-state index contributed by atoms with van der Waals surface area (Å²) in [5.41, 5.74) is 4.67. The monoisotopic (exact) mass is 507 g/mol. The third-order valence-corrected chi connectivity index (χ3v) is 6.61. The van der Waals surface area contributed by atoms with Gasteiger partial charge in [-0.15, -0.1) is 0 Å². The molecule has 0 saturated carbocycles. The average molecular weight is 508 g/mol. The van der Waals surface area contributed by atoms with E-state index in [1.54, 1.807) is 13.0 Å². The Morgan fingerprint density at radius 1 is 1.20 bits per heavy atom. The number of hydrogen-bond donors (Lipinski definition) is 2. The van der Waals surface area contributed by atoms with E-state index in [1.807, 2.05) is 26.0 Å². The molecular formula is C27H41NO6S. The van der Waals surface area contributed by atoms with Gasteiger partial charge < -0.3 is 10.1 Å². The van der Waals surface area contributed by atoms with E-state index in [0.717, 1.165) is 18.4 Å². The Labute approximate surface area is 210 Å². The molecule has 0 aliphatic heterocycles. The normalized spacial score (nSPS) is 18.3. The van der Waals surface area contributed by atoms with Crippen LogP contribution in [0.1, 0.15) is 73.6 Å². The minimum absolute atomic E-state index is 0.110. The molecule has 8 heteroatoms. The number of allylic oxidation sites excluding steroid dienone is 9. The molecule has 7 nitrogen and oxygen atoms in total. The molecule has 1 aliphatic rings. The van der Waals surface area contributed by atoms with Crippen LogP contribution in [0, 0.1) is 5.41 Å². The maximum atomic E-state index is 12.3. The molecule has 0 radical (unpaired) electrons. The van der Waals surface area contributed by atoms with Crippen molar-refractivity contribution in [3.8, 4) is 0 Å². The van der Waals surface area contributed by atoms with Gasteiger partial charge in [0, 0.05) is 6.08 Å². The Hall–Kier alpha value is -2.45. The molecular weight excluding hydrogens is 466 g/mol. The summed E-state index contributed by atoms with van der Waals surface area (Å²) in [6.45, 7) is 12.5. The lowest BCUT2D eigenvalue weighted by Gasteiger charge is -2.32. The predicted molar refractivity (Wildman–Crippen MR) is 140 cm³/mol. The van der Waals surface area contributed by atoms with Crippen molar-refractivity contribution in [2.24, 2.45) is 5.41 Å². The van der Waals surface area contributed by atoms with Gasteiger partial charge in [0.25, 0.3) is 10.1 Å². The van der Waals surface area contributed by atoms with Gasteiger partial charge in [0.15, 0.2) is 0 Å². The summed E-state index contributed by atoms with van der Waals surface area (Å²) in [4.78, 5) is 24.4. The molecule has 0 saturated heterocycles. The predicted octanol–water partition coefficient (Wildman–Crippen LogP) is 5.23. The van der Waals surface area contributed by atoms with Crippen LogP contribution in [0.25, 0.3) is 0 Å². The molecule has 0 heterocycles. The summed E-state index contributed by atoms with van der Waals surface area (Å²) in [6.07, 6.45) is 16.0. The number of amides is 1. The Bertz CT molecular complexity index is 1010. The van der Waals surface area contributed by atoms with Gasteiger partial charge in [-0.2, -0.15) is 8.42 Å². The lowest BCUT2D eigenvalue weighted by atomic mass is 9.72. The summed E-state index contributed by atoms with van der Waals surface area (Å²) in [5, 5.41) is 2.30. The first-order valence-corrected chi connectivity index (χ1v) is 13.7. The van der Waals surface area contributed by atoms with Crippen LogP contribution in [0.4, 0.5) is 0 Å². The van der Waals surface area contributed by atoms with Crippen LogP contribution in [-0.4, -0.2) is 43.2 Å². The molecule has 0 bridgehead atoms. The fourth-order valence-corrected chi connectivity index (χ4v) is 4.54. The quantitative estimate of drug-likeness (QED) is 0.123. The van der Waals surface area contributed by atoms with Gasteiger partial charge in [0.1, 0.15) is 11.8 Å². The van der Waals surface area contributed by atoms with E-state index in [1.165, 1.54) is 30.1 Å². The molecule has 1 atom stereocenters. The number of hydrogen-bond acceptors (Lipinski definition) is 5. The molecule has 0 fully saturated rings. The van der Waals surface area contributed by atoms with Crippen molar-refractivity contribution < 1.29 is 27.3 Å². The van der Waals surface area contributed by atoms with Crippen molar-refractivity contribution in [1.82, 2.24) is 5.32 Å². The maximum Gasteiger partial charge on any atom is 0.329 e. The Balaban J connectivity index is 2.80. The molecule has 0 spiro atoms. The van der Waals surface area contributed by atoms with Crippen molar-refractivity contribution in [3.63, 3.8) is 0 Å². The highest BCUT2D eigenvalue weighted by Gasteiger charge is 2.27. The standard InChI is InChI=1S/C27H41NO6S/c1-7-8-17-34-26(30)24(19-35(31,32)33)28-25(29)18-21(3)12-9-11-20(2)14-15-23-22(4)13-10-16-27(23,5)6/h9,11-12,14-15,18,24H,7-8,10,13,16-17,19H2,1-6H3,(H,28,29)(H,31,32,33)/b12-9+,15-14+,20-11+,21-18-/t24-/m0/s1. The average Bonchev–Trinajstić information content (AvgIpc) is 2.71. The van der Waals surface area contributed by atoms with E-state index in [4.69, 9.17) is 9.29 Å². The molecule has 35 heavy (non-hydrogen) atoms. The third-order valence-electron chi connectivity index (χ3n) is 5.85. The van der Waals surface area contributed by atoms with Crippen LogP contribution >= 0.6 is 0 Å². The number of esters is 1. The van der Waals surface area contributed by atoms with E-state index in [-0.39, 0.29) is 12.0 Å². The molecule has 1 rings (SSSR count). The van der Waals surface area contributed by atoms with Gasteiger partial charge in [0.05, 0.1) is 6.61 Å². The molecule has 1 amide bonds. The van der Waals surface area contributed by atoms with Crippen LogP contribution in [-0.2, 0) is 24.4 Å². The van der Waals surface area contributed by atoms with Crippen LogP contribution in [0.2, 0.25) is 0 Å². The highest BCUT2D eigenvalue weighted by Crippen LogP contribution is 2.40. The zero-order valence-electron chi connectivity index (χ0n) is 21.9. The van der Waals surface area contributed by atoms with Gasteiger partial charge >= 0.3 is 5.97 Å². The molecule has 1 aliphatic carbocycles. The first kappa shape index (κ1) is 30.6. The van der Waals surface area contributed by atoms with E-state index in [9.17, 15) is 18.0 Å². The van der Waals surface area contributed by atoms with Gasteiger partial charge in [-0.05, 0) is 63.0 Å². The van der Waals surface area contributed by atoms with Gasteiger partial charge in [0.2, 0.25) is 5.91 Å². The number of carbonyl (C=O) groups is 2. The summed E-state index contributed by atoms with van der Waals surface area (Å²) < 4.78 is 36.6. The van der Waals surface area contributed by atoms with E-state index >= 15 is 0 Å². The molecule has 0 aromatic rings. The van der Waals surface area contributed by atoms with Gasteiger partial charge in [-0.3, -0.25) is 9.35 Å². The largest absolute Gasteiger partial charge is 0.464 e. The summed E-state index contributed by atoms with van der Waals surface area (Å²) in [5.74, 6) is -2.51. The SMILES string of the molecule is CCCCOC(=O)[C@H](CS(=O)(=O)O)NC(=O)\C=C(C)/C=C/C=C(C)/C=C/C1=C(C)CCCC1(C)C. The van der Waals surface area contributed by atoms with Crippen molar-refractivity contribution in [1.29, 1.82) is 0 Å². The first-order chi connectivity index (χ1) is 16.2. The van der Waals surface area contributed by atoms with Crippen molar-refractivity contribution in [2.75, 3.05) is 12.4 Å². The van der Waals surface area contributed by atoms with Crippen LogP contribution in [0.5, 0.6) is 0 Å². The van der Waals surface area contributed by atoms with Crippen molar-refractivity contribution in [3.05, 3.63) is 58.7 Å². The zero-order chi connectivity index (χ0) is 26.6. The molecule has 196 valence electrons. The smallest absolute Gasteiger partial charge is 0.329 e. The summed E-state index contributed by atoms with van der Waals surface area (Å²) >= 11 is 0. The Morgan fingerprint density at radius 2 is 1.89 bits per heavy atom. The second-order valence-corrected chi connectivity index (χ2v) is 11.3. The minimum Gasteiger partial charge on any atom is -0.464 e. The van der Waals surface area contributed by atoms with Gasteiger partial charge in [-0.25, -0.2) is 4.79 Å². The van der Waals surface area contributed by atoms with Crippen molar-refractivity contribution >= 4 is 22.0 Å². The molecule has 0 unspecified atom stereocenters. The summed E-state index contributed by atoms with van der Waals surface area (Å²) in [7, 11) is -4.49. The zero-order valence-corrected chi connectivity index (χ0v) is 22.7. The van der Waals surface area contributed by atoms with E-state index < -0.39 is 33.8 Å². The van der Waals surface area contributed by atoms with Crippen LogP contribution in [0.3, 0.4) is 0 Å². The topological polar surface area (TPSA) is 110 Å². The minimum atomic E-state index is -4.49. The second-order valence-electron chi connectivity index (χ2n) is 9.75.